The zero-order chi connectivity index (χ0) is 13.4. The van der Waals surface area contributed by atoms with Crippen LogP contribution in [-0.4, -0.2) is 25.0 Å². The van der Waals surface area contributed by atoms with E-state index in [-0.39, 0.29) is 5.91 Å². The summed E-state index contributed by atoms with van der Waals surface area (Å²) >= 11 is 1.80. The molecular formula is C13H20N2O2S. The van der Waals surface area contributed by atoms with E-state index in [9.17, 15) is 4.79 Å². The van der Waals surface area contributed by atoms with Crippen LogP contribution in [0.1, 0.15) is 19.3 Å². The summed E-state index contributed by atoms with van der Waals surface area (Å²) in [7, 11) is 1.57. The first kappa shape index (κ1) is 14.7. The maximum Gasteiger partial charge on any atom is 0.224 e. The van der Waals surface area contributed by atoms with Gasteiger partial charge in [-0.3, -0.25) is 4.79 Å². The van der Waals surface area contributed by atoms with E-state index in [2.05, 4.69) is 11.6 Å². The number of hydrogen-bond donors (Lipinski definition) is 2. The van der Waals surface area contributed by atoms with E-state index in [1.807, 2.05) is 0 Å². The second-order valence-corrected chi connectivity index (χ2v) is 4.94. The lowest BCUT2D eigenvalue weighted by atomic mass is 10.2. The number of nitrogens with one attached hydrogen (secondary N) is 1. The molecule has 0 unspecified atom stereocenters. The predicted octanol–water partition coefficient (Wildman–Crippen LogP) is 2.75. The summed E-state index contributed by atoms with van der Waals surface area (Å²) < 4.78 is 5.06. The molecule has 0 bridgehead atoms. The summed E-state index contributed by atoms with van der Waals surface area (Å²) in [6.45, 7) is 0. The average molecular weight is 268 g/mol. The van der Waals surface area contributed by atoms with Crippen LogP contribution in [0.2, 0.25) is 0 Å². The molecule has 0 atom stereocenters. The van der Waals surface area contributed by atoms with Crippen molar-refractivity contribution >= 4 is 29.0 Å². The number of methoxy groups -OCH3 is 1. The summed E-state index contributed by atoms with van der Waals surface area (Å²) in [4.78, 5) is 11.7. The lowest BCUT2D eigenvalue weighted by molar-refractivity contribution is -0.116. The first-order chi connectivity index (χ1) is 8.67. The van der Waals surface area contributed by atoms with Crippen LogP contribution in [0.25, 0.3) is 0 Å². The van der Waals surface area contributed by atoms with Gasteiger partial charge in [0.15, 0.2) is 0 Å². The molecule has 4 nitrogen and oxygen atoms in total. The zero-order valence-electron chi connectivity index (χ0n) is 10.9. The molecule has 0 aliphatic heterocycles. The average Bonchev–Trinajstić information content (AvgIpc) is 2.35. The molecular weight excluding hydrogens is 248 g/mol. The Labute approximate surface area is 112 Å². The third-order valence-electron chi connectivity index (χ3n) is 2.52. The van der Waals surface area contributed by atoms with E-state index in [0.717, 1.165) is 18.6 Å². The Balaban J connectivity index is 2.42. The van der Waals surface area contributed by atoms with Crippen molar-refractivity contribution < 1.29 is 9.53 Å². The van der Waals surface area contributed by atoms with Crippen molar-refractivity contribution in [3.63, 3.8) is 0 Å². The quantitative estimate of drug-likeness (QED) is 0.589. The maximum absolute atomic E-state index is 11.7. The molecule has 1 rings (SSSR count). The van der Waals surface area contributed by atoms with Crippen molar-refractivity contribution in [1.82, 2.24) is 0 Å². The number of thioether (sulfide) groups is 1. The first-order valence-electron chi connectivity index (χ1n) is 5.89. The van der Waals surface area contributed by atoms with Crippen molar-refractivity contribution in [2.45, 2.75) is 19.3 Å². The van der Waals surface area contributed by atoms with E-state index in [4.69, 9.17) is 10.5 Å². The number of nitrogen functional groups attached to an aromatic ring is 1. The van der Waals surface area contributed by atoms with Crippen LogP contribution < -0.4 is 15.8 Å². The Morgan fingerprint density at radius 1 is 1.44 bits per heavy atom. The van der Waals surface area contributed by atoms with Gasteiger partial charge in [-0.25, -0.2) is 0 Å². The molecule has 1 aromatic carbocycles. The number of anilines is 2. The zero-order valence-corrected chi connectivity index (χ0v) is 11.7. The fourth-order valence-electron chi connectivity index (χ4n) is 1.57. The van der Waals surface area contributed by atoms with Crippen LogP contribution in [0, 0.1) is 0 Å². The highest BCUT2D eigenvalue weighted by Crippen LogP contribution is 2.24. The van der Waals surface area contributed by atoms with Crippen LogP contribution in [0.4, 0.5) is 11.4 Å². The van der Waals surface area contributed by atoms with Crippen LogP contribution in [-0.2, 0) is 4.79 Å². The SMILES string of the molecule is COc1ccc(NC(=O)CCCCSC)cc1N. The van der Waals surface area contributed by atoms with E-state index in [0.29, 0.717) is 23.5 Å². The molecule has 0 saturated carbocycles. The third kappa shape index (κ3) is 4.87. The minimum absolute atomic E-state index is 0.0284. The molecule has 0 heterocycles. The van der Waals surface area contributed by atoms with Gasteiger partial charge in [-0.15, -0.1) is 0 Å². The van der Waals surface area contributed by atoms with Crippen molar-refractivity contribution in [3.8, 4) is 5.75 Å². The monoisotopic (exact) mass is 268 g/mol. The van der Waals surface area contributed by atoms with E-state index >= 15 is 0 Å². The smallest absolute Gasteiger partial charge is 0.224 e. The van der Waals surface area contributed by atoms with Crippen molar-refractivity contribution in [2.75, 3.05) is 30.2 Å². The number of benzene rings is 1. The third-order valence-corrected chi connectivity index (χ3v) is 3.21. The molecule has 0 fully saturated rings. The minimum atomic E-state index is 0.0284. The molecule has 5 heteroatoms. The molecule has 0 saturated heterocycles. The molecule has 1 aromatic rings. The van der Waals surface area contributed by atoms with Gasteiger partial charge in [0.05, 0.1) is 12.8 Å². The van der Waals surface area contributed by atoms with Crippen molar-refractivity contribution in [3.05, 3.63) is 18.2 Å². The molecule has 0 spiro atoms. The highest BCUT2D eigenvalue weighted by molar-refractivity contribution is 7.98. The van der Waals surface area contributed by atoms with Gasteiger partial charge in [-0.2, -0.15) is 11.8 Å². The summed E-state index contributed by atoms with van der Waals surface area (Å²) in [5.74, 6) is 1.75. The minimum Gasteiger partial charge on any atom is -0.495 e. The van der Waals surface area contributed by atoms with Gasteiger partial charge in [0.2, 0.25) is 5.91 Å². The van der Waals surface area contributed by atoms with Crippen molar-refractivity contribution in [1.29, 1.82) is 0 Å². The van der Waals surface area contributed by atoms with E-state index in [1.54, 1.807) is 37.1 Å². The highest BCUT2D eigenvalue weighted by Gasteiger charge is 2.04. The predicted molar refractivity (Wildman–Crippen MR) is 78.3 cm³/mol. The maximum atomic E-state index is 11.7. The van der Waals surface area contributed by atoms with Crippen LogP contribution >= 0.6 is 11.8 Å². The van der Waals surface area contributed by atoms with E-state index < -0.39 is 0 Å². The number of rotatable bonds is 7. The van der Waals surface area contributed by atoms with Gasteiger partial charge in [-0.1, -0.05) is 0 Å². The first-order valence-corrected chi connectivity index (χ1v) is 7.29. The highest BCUT2D eigenvalue weighted by atomic mass is 32.2. The fraction of sp³-hybridized carbons (Fsp3) is 0.462. The molecule has 0 aliphatic carbocycles. The Bertz CT molecular complexity index is 397. The van der Waals surface area contributed by atoms with Crippen molar-refractivity contribution in [2.24, 2.45) is 0 Å². The number of nitrogens with two attached hydrogens (primary N) is 1. The Morgan fingerprint density at radius 2 is 2.22 bits per heavy atom. The molecule has 0 aliphatic rings. The Kier molecular flexibility index (Phi) is 6.43. The van der Waals surface area contributed by atoms with Gasteiger partial charge >= 0.3 is 0 Å². The van der Waals surface area contributed by atoms with Gasteiger partial charge in [0.25, 0.3) is 0 Å². The Morgan fingerprint density at radius 3 is 2.83 bits per heavy atom. The lowest BCUT2D eigenvalue weighted by Crippen LogP contribution is -2.11. The summed E-state index contributed by atoms with van der Waals surface area (Å²) in [5, 5.41) is 2.83. The molecule has 0 aromatic heterocycles. The molecule has 1 amide bonds. The molecule has 18 heavy (non-hydrogen) atoms. The van der Waals surface area contributed by atoms with Crippen LogP contribution in [0.15, 0.2) is 18.2 Å². The number of amides is 1. The Hall–Kier alpha value is -1.36. The van der Waals surface area contributed by atoms with Gasteiger partial charge in [0, 0.05) is 12.1 Å². The number of unbranched alkanes of at least 4 members (excludes halogenated alkanes) is 1. The summed E-state index contributed by atoms with van der Waals surface area (Å²) in [6.07, 6.45) is 4.60. The number of hydrogen-bond acceptors (Lipinski definition) is 4. The van der Waals surface area contributed by atoms with Gasteiger partial charge in [0.1, 0.15) is 5.75 Å². The summed E-state index contributed by atoms with van der Waals surface area (Å²) in [5.41, 5.74) is 7.01. The summed E-state index contributed by atoms with van der Waals surface area (Å²) in [6, 6.07) is 5.24. The molecule has 3 N–H and O–H groups in total. The second kappa shape index (κ2) is 7.87. The second-order valence-electron chi connectivity index (χ2n) is 3.95. The standard InChI is InChI=1S/C13H20N2O2S/c1-17-12-7-6-10(9-11(12)14)15-13(16)5-3-4-8-18-2/h6-7,9H,3-5,8,14H2,1-2H3,(H,15,16). The topological polar surface area (TPSA) is 64.3 Å². The number of carbonyl (C=O) groups excluding carboxylic acids is 1. The fourth-order valence-corrected chi connectivity index (χ4v) is 2.06. The number of ether oxygens (including phenoxy) is 1. The molecule has 100 valence electrons. The van der Waals surface area contributed by atoms with Crippen LogP contribution in [0.5, 0.6) is 5.75 Å². The normalized spacial score (nSPS) is 10.1. The van der Waals surface area contributed by atoms with Crippen LogP contribution in [0.3, 0.4) is 0 Å². The van der Waals surface area contributed by atoms with E-state index in [1.165, 1.54) is 0 Å². The lowest BCUT2D eigenvalue weighted by Gasteiger charge is -2.08. The van der Waals surface area contributed by atoms with Gasteiger partial charge in [-0.05, 0) is 43.0 Å². The molecule has 0 radical (unpaired) electrons. The number of carbonyl (C=O) groups is 1. The van der Waals surface area contributed by atoms with Gasteiger partial charge < -0.3 is 15.8 Å². The largest absolute Gasteiger partial charge is 0.495 e.